The molecule has 0 radical (unpaired) electrons. The van der Waals surface area contributed by atoms with E-state index < -0.39 is 0 Å². The smallest absolute Gasteiger partial charge is 0.231 e. The summed E-state index contributed by atoms with van der Waals surface area (Å²) in [6, 6.07) is 9.54. The van der Waals surface area contributed by atoms with Crippen LogP contribution in [0.2, 0.25) is 0 Å². The summed E-state index contributed by atoms with van der Waals surface area (Å²) in [5.41, 5.74) is 1.74. The van der Waals surface area contributed by atoms with Crippen LogP contribution in [-0.4, -0.2) is 10.1 Å². The van der Waals surface area contributed by atoms with Gasteiger partial charge in [-0.1, -0.05) is 17.3 Å². The van der Waals surface area contributed by atoms with Crippen molar-refractivity contribution in [3.63, 3.8) is 0 Å². The Labute approximate surface area is 105 Å². The number of nitriles is 1. The molecule has 0 amide bonds. The van der Waals surface area contributed by atoms with Crippen LogP contribution in [0.3, 0.4) is 0 Å². The highest BCUT2D eigenvalue weighted by Gasteiger charge is 2.23. The lowest BCUT2D eigenvalue weighted by atomic mass is 10.1. The average molecular weight is 239 g/mol. The zero-order valence-electron chi connectivity index (χ0n) is 9.97. The van der Waals surface area contributed by atoms with Crippen molar-refractivity contribution in [3.05, 3.63) is 47.1 Å². The van der Waals surface area contributed by atoms with Gasteiger partial charge in [0, 0.05) is 6.42 Å². The van der Waals surface area contributed by atoms with E-state index in [1.54, 1.807) is 12.1 Å². The summed E-state index contributed by atoms with van der Waals surface area (Å²) in [5, 5.41) is 12.7. The standard InChI is InChI=1S/C14H13N3O/c15-9-12-5-3-11(4-6-12)8-14-16-13(17-18-14)7-10-1-2-10/h3-6,10H,1-2,7-8H2. The van der Waals surface area contributed by atoms with Crippen molar-refractivity contribution in [1.82, 2.24) is 10.1 Å². The van der Waals surface area contributed by atoms with Gasteiger partial charge in [-0.05, 0) is 36.5 Å². The summed E-state index contributed by atoms with van der Waals surface area (Å²) in [7, 11) is 0. The highest BCUT2D eigenvalue weighted by molar-refractivity contribution is 5.32. The summed E-state index contributed by atoms with van der Waals surface area (Å²) in [4.78, 5) is 4.39. The number of hydrogen-bond donors (Lipinski definition) is 0. The summed E-state index contributed by atoms with van der Waals surface area (Å²) >= 11 is 0. The van der Waals surface area contributed by atoms with Crippen LogP contribution in [-0.2, 0) is 12.8 Å². The Hall–Kier alpha value is -2.15. The maximum atomic E-state index is 8.72. The molecule has 4 nitrogen and oxygen atoms in total. The summed E-state index contributed by atoms with van der Waals surface area (Å²) in [6.45, 7) is 0. The highest BCUT2D eigenvalue weighted by atomic mass is 16.5. The fraction of sp³-hybridized carbons (Fsp3) is 0.357. The number of rotatable bonds is 4. The third kappa shape index (κ3) is 2.57. The first kappa shape index (κ1) is 11.0. The molecule has 0 aliphatic heterocycles. The fourth-order valence-corrected chi connectivity index (χ4v) is 1.90. The highest BCUT2D eigenvalue weighted by Crippen LogP contribution is 2.31. The molecule has 90 valence electrons. The molecule has 0 bridgehead atoms. The molecule has 1 saturated carbocycles. The van der Waals surface area contributed by atoms with E-state index in [2.05, 4.69) is 16.2 Å². The normalized spacial score (nSPS) is 14.4. The zero-order valence-corrected chi connectivity index (χ0v) is 9.97. The molecule has 0 spiro atoms. The number of nitrogens with zero attached hydrogens (tertiary/aromatic N) is 3. The van der Waals surface area contributed by atoms with Crippen molar-refractivity contribution in [2.75, 3.05) is 0 Å². The number of hydrogen-bond acceptors (Lipinski definition) is 4. The molecule has 1 aliphatic carbocycles. The van der Waals surface area contributed by atoms with Gasteiger partial charge in [0.15, 0.2) is 5.82 Å². The maximum absolute atomic E-state index is 8.72. The van der Waals surface area contributed by atoms with Crippen LogP contribution in [0.4, 0.5) is 0 Å². The van der Waals surface area contributed by atoms with Crippen LogP contribution < -0.4 is 0 Å². The van der Waals surface area contributed by atoms with Gasteiger partial charge in [-0.2, -0.15) is 10.2 Å². The molecule has 18 heavy (non-hydrogen) atoms. The predicted octanol–water partition coefficient (Wildman–Crippen LogP) is 2.48. The van der Waals surface area contributed by atoms with Crippen molar-refractivity contribution in [3.8, 4) is 6.07 Å². The van der Waals surface area contributed by atoms with E-state index in [-0.39, 0.29) is 0 Å². The van der Waals surface area contributed by atoms with Gasteiger partial charge in [-0.25, -0.2) is 0 Å². The Bertz CT molecular complexity index is 576. The van der Waals surface area contributed by atoms with E-state index in [1.807, 2.05) is 12.1 Å². The van der Waals surface area contributed by atoms with Crippen LogP contribution in [0.15, 0.2) is 28.8 Å². The molecule has 0 saturated heterocycles. The van der Waals surface area contributed by atoms with E-state index in [0.29, 0.717) is 17.9 Å². The molecule has 1 fully saturated rings. The third-order valence-corrected chi connectivity index (χ3v) is 3.12. The second kappa shape index (κ2) is 4.61. The Kier molecular flexibility index (Phi) is 2.81. The molecular weight excluding hydrogens is 226 g/mol. The predicted molar refractivity (Wildman–Crippen MR) is 64.7 cm³/mol. The van der Waals surface area contributed by atoms with Crippen molar-refractivity contribution in [2.24, 2.45) is 5.92 Å². The minimum absolute atomic E-state index is 0.628. The second-order valence-electron chi connectivity index (χ2n) is 4.74. The Morgan fingerprint density at radius 2 is 2.06 bits per heavy atom. The monoisotopic (exact) mass is 239 g/mol. The number of benzene rings is 1. The van der Waals surface area contributed by atoms with Crippen molar-refractivity contribution in [1.29, 1.82) is 5.26 Å². The lowest BCUT2D eigenvalue weighted by Gasteiger charge is -1.95. The van der Waals surface area contributed by atoms with Crippen LogP contribution in [0.1, 0.15) is 35.7 Å². The van der Waals surface area contributed by atoms with Crippen LogP contribution in [0, 0.1) is 17.2 Å². The molecule has 1 heterocycles. The fourth-order valence-electron chi connectivity index (χ4n) is 1.90. The first-order valence-electron chi connectivity index (χ1n) is 6.14. The van der Waals surface area contributed by atoms with E-state index in [9.17, 15) is 0 Å². The van der Waals surface area contributed by atoms with E-state index in [1.165, 1.54) is 12.8 Å². The lowest BCUT2D eigenvalue weighted by molar-refractivity contribution is 0.378. The summed E-state index contributed by atoms with van der Waals surface area (Å²) in [5.74, 6) is 2.24. The molecule has 1 aromatic heterocycles. The quantitative estimate of drug-likeness (QED) is 0.822. The molecule has 0 unspecified atom stereocenters. The molecular formula is C14H13N3O. The van der Waals surface area contributed by atoms with E-state index in [0.717, 1.165) is 23.7 Å². The van der Waals surface area contributed by atoms with Gasteiger partial charge in [0.1, 0.15) is 0 Å². The average Bonchev–Trinajstić information content (AvgIpc) is 3.10. The molecule has 1 aromatic carbocycles. The molecule has 0 N–H and O–H groups in total. The van der Waals surface area contributed by atoms with Crippen LogP contribution >= 0.6 is 0 Å². The molecule has 0 atom stereocenters. The number of aromatic nitrogens is 2. The topological polar surface area (TPSA) is 62.7 Å². The summed E-state index contributed by atoms with van der Waals surface area (Å²) in [6.07, 6.45) is 4.15. The maximum Gasteiger partial charge on any atom is 0.231 e. The van der Waals surface area contributed by atoms with Gasteiger partial charge in [-0.3, -0.25) is 0 Å². The minimum Gasteiger partial charge on any atom is -0.339 e. The molecule has 2 aromatic rings. The van der Waals surface area contributed by atoms with Gasteiger partial charge in [0.25, 0.3) is 0 Å². The summed E-state index contributed by atoms with van der Waals surface area (Å²) < 4.78 is 5.23. The Morgan fingerprint density at radius 3 is 2.72 bits per heavy atom. The minimum atomic E-state index is 0.628. The van der Waals surface area contributed by atoms with Crippen LogP contribution in [0.25, 0.3) is 0 Å². The van der Waals surface area contributed by atoms with Crippen LogP contribution in [0.5, 0.6) is 0 Å². The van der Waals surface area contributed by atoms with E-state index >= 15 is 0 Å². The van der Waals surface area contributed by atoms with Gasteiger partial charge in [0.05, 0.1) is 18.1 Å². The molecule has 4 heteroatoms. The van der Waals surface area contributed by atoms with Gasteiger partial charge < -0.3 is 4.52 Å². The first-order valence-corrected chi connectivity index (χ1v) is 6.14. The largest absolute Gasteiger partial charge is 0.339 e. The Morgan fingerprint density at radius 1 is 1.28 bits per heavy atom. The molecule has 3 rings (SSSR count). The van der Waals surface area contributed by atoms with Gasteiger partial charge in [-0.15, -0.1) is 0 Å². The zero-order chi connectivity index (χ0) is 12.4. The van der Waals surface area contributed by atoms with E-state index in [4.69, 9.17) is 9.78 Å². The van der Waals surface area contributed by atoms with Gasteiger partial charge in [0.2, 0.25) is 5.89 Å². The van der Waals surface area contributed by atoms with Crippen molar-refractivity contribution in [2.45, 2.75) is 25.7 Å². The van der Waals surface area contributed by atoms with Gasteiger partial charge >= 0.3 is 0 Å². The third-order valence-electron chi connectivity index (χ3n) is 3.12. The van der Waals surface area contributed by atoms with Crippen molar-refractivity contribution < 1.29 is 4.52 Å². The lowest BCUT2D eigenvalue weighted by Crippen LogP contribution is -1.92. The van der Waals surface area contributed by atoms with Crippen molar-refractivity contribution >= 4 is 0 Å². The SMILES string of the molecule is N#Cc1ccc(Cc2nc(CC3CC3)no2)cc1. The molecule has 1 aliphatic rings. The first-order chi connectivity index (χ1) is 8.83. The Balaban J connectivity index is 1.67. The second-order valence-corrected chi connectivity index (χ2v) is 4.74.